The summed E-state index contributed by atoms with van der Waals surface area (Å²) < 4.78 is 0. The number of nitrogens with zero attached hydrogens (tertiary/aromatic N) is 1. The topological polar surface area (TPSA) is 51.8 Å². The van der Waals surface area contributed by atoms with Crippen LogP contribution in [0.4, 0.5) is 0 Å². The van der Waals surface area contributed by atoms with Crippen LogP contribution in [0.2, 0.25) is 0 Å². The van der Waals surface area contributed by atoms with Crippen molar-refractivity contribution in [2.45, 2.75) is 0 Å². The van der Waals surface area contributed by atoms with Gasteiger partial charge >= 0.3 is 0 Å². The van der Waals surface area contributed by atoms with E-state index < -0.39 is 0 Å². The molecule has 0 unspecified atom stereocenters. The molecule has 0 heterocycles. The van der Waals surface area contributed by atoms with E-state index in [1.54, 1.807) is 14.1 Å². The van der Waals surface area contributed by atoms with E-state index in [1.807, 2.05) is 0 Å². The summed E-state index contributed by atoms with van der Waals surface area (Å²) in [5.41, 5.74) is 0. The summed E-state index contributed by atoms with van der Waals surface area (Å²) in [6.07, 6.45) is 0.750. The molecule has 0 bridgehead atoms. The normalized spacial score (nSPS) is 4.86. The van der Waals surface area contributed by atoms with Crippen molar-refractivity contribution in [1.82, 2.24) is 4.90 Å². The van der Waals surface area contributed by atoms with Crippen molar-refractivity contribution in [2.24, 2.45) is 0 Å². The van der Waals surface area contributed by atoms with Crippen molar-refractivity contribution in [2.75, 3.05) is 14.1 Å². The van der Waals surface area contributed by atoms with Gasteiger partial charge in [-0.2, -0.15) is 0 Å². The van der Waals surface area contributed by atoms with Gasteiger partial charge in [-0.05, 0) is 0 Å². The molecule has 0 aromatic rings. The third-order valence-electron chi connectivity index (χ3n) is 0.211. The van der Waals surface area contributed by atoms with Crippen LogP contribution < -0.4 is 0 Å². The van der Waals surface area contributed by atoms with Crippen LogP contribution in [0.1, 0.15) is 0 Å². The van der Waals surface area contributed by atoms with E-state index in [4.69, 9.17) is 0 Å². The van der Waals surface area contributed by atoms with Crippen molar-refractivity contribution in [1.29, 1.82) is 0 Å². The first-order chi connectivity index (χ1) is 2.27. The maximum absolute atomic E-state index is 9.43. The quantitative estimate of drug-likeness (QED) is 0.344. The maximum atomic E-state index is 9.43. The molecule has 0 atom stereocenters. The summed E-state index contributed by atoms with van der Waals surface area (Å²) in [6.45, 7) is 0. The Hall–Kier alpha value is -0.0765. The maximum Gasteiger partial charge on any atom is 0.209 e. The number of carbonyl (C=O) groups is 1. The molecule has 48 valence electrons. The Morgan fingerprint density at radius 3 is 1.57 bits per heavy atom. The fourth-order valence-corrected chi connectivity index (χ4v) is 0. The van der Waals surface area contributed by atoms with Crippen molar-refractivity contribution in [3.05, 3.63) is 0 Å². The Kier molecular flexibility index (Phi) is 21.0. The Morgan fingerprint density at radius 1 is 1.43 bits per heavy atom. The second-order valence-electron chi connectivity index (χ2n) is 1.07. The molecule has 0 rings (SSSR count). The molecule has 0 aliphatic heterocycles. The average Bonchev–Trinajstić information content (AvgIpc) is 1.38. The number of hydrogen-bond acceptors (Lipinski definition) is 1. The molecule has 0 saturated heterocycles. The third kappa shape index (κ3) is 24.6. The zero-order valence-corrected chi connectivity index (χ0v) is 5.24. The van der Waals surface area contributed by atoms with Crippen LogP contribution in [-0.4, -0.2) is 30.9 Å². The molecule has 1 amide bonds. The molecule has 0 aliphatic carbocycles. The Balaban J connectivity index is -0.0000000800. The minimum absolute atomic E-state index is 0. The van der Waals surface area contributed by atoms with Crippen molar-refractivity contribution in [3.8, 4) is 0 Å². The third-order valence-corrected chi connectivity index (χ3v) is 0.211. The van der Waals surface area contributed by atoms with Crippen LogP contribution in [0.5, 0.6) is 0 Å². The van der Waals surface area contributed by atoms with E-state index in [0.29, 0.717) is 0 Å². The fraction of sp³-hybridized carbons (Fsp3) is 0.667. The number of carbonyl (C=O) groups excluding carboxylic acids is 1. The molecule has 4 heteroatoms. The predicted molar refractivity (Wildman–Crippen MR) is 23.4 cm³/mol. The molecular weight excluding hydrogens is 141 g/mol. The van der Waals surface area contributed by atoms with Gasteiger partial charge in [0.2, 0.25) is 6.41 Å². The number of rotatable bonds is 1. The summed E-state index contributed by atoms with van der Waals surface area (Å²) in [7, 11) is 3.38. The summed E-state index contributed by atoms with van der Waals surface area (Å²) in [6, 6.07) is 0. The first-order valence-corrected chi connectivity index (χ1v) is 1.39. The van der Waals surface area contributed by atoms with E-state index in [-0.39, 0.29) is 22.0 Å². The van der Waals surface area contributed by atoms with Gasteiger partial charge in [0.15, 0.2) is 0 Å². The Morgan fingerprint density at radius 2 is 1.57 bits per heavy atom. The van der Waals surface area contributed by atoms with Gasteiger partial charge in [-0.25, -0.2) is 0 Å². The molecule has 0 aliphatic rings. The van der Waals surface area contributed by atoms with Crippen molar-refractivity contribution >= 4 is 6.41 Å². The monoisotopic (exact) mass is 149 g/mol. The van der Waals surface area contributed by atoms with E-state index in [1.165, 1.54) is 4.90 Å². The van der Waals surface area contributed by atoms with Crippen LogP contribution in [0.25, 0.3) is 0 Å². The second kappa shape index (κ2) is 9.33. The molecule has 0 fully saturated rings. The molecule has 0 radical (unpaired) electrons. The van der Waals surface area contributed by atoms with Crippen molar-refractivity contribution in [3.63, 3.8) is 0 Å². The SMILES string of the molecule is CN(C)C=O.O.[Ni]. The molecule has 0 aromatic heterocycles. The second-order valence-corrected chi connectivity index (χ2v) is 1.07. The van der Waals surface area contributed by atoms with Gasteiger partial charge in [-0.3, -0.25) is 4.79 Å². The minimum atomic E-state index is 0. The van der Waals surface area contributed by atoms with Crippen LogP contribution in [0, 0.1) is 0 Å². The van der Waals surface area contributed by atoms with Gasteiger partial charge in [0.1, 0.15) is 0 Å². The van der Waals surface area contributed by atoms with Crippen LogP contribution in [-0.2, 0) is 21.3 Å². The van der Waals surface area contributed by atoms with Gasteiger partial charge in [-0.1, -0.05) is 0 Å². The summed E-state index contributed by atoms with van der Waals surface area (Å²) in [5, 5.41) is 0. The molecule has 0 saturated carbocycles. The number of hydrogen-bond donors (Lipinski definition) is 0. The molecule has 7 heavy (non-hydrogen) atoms. The van der Waals surface area contributed by atoms with Gasteiger partial charge in [-0.15, -0.1) is 0 Å². The summed E-state index contributed by atoms with van der Waals surface area (Å²) in [5.74, 6) is 0. The summed E-state index contributed by atoms with van der Waals surface area (Å²) >= 11 is 0. The molecule has 3 nitrogen and oxygen atoms in total. The first-order valence-electron chi connectivity index (χ1n) is 1.39. The largest absolute Gasteiger partial charge is 0.412 e. The van der Waals surface area contributed by atoms with E-state index in [2.05, 4.69) is 0 Å². The van der Waals surface area contributed by atoms with E-state index in [9.17, 15) is 4.79 Å². The molecular formula is C3H9NNiO2. The van der Waals surface area contributed by atoms with Crippen LogP contribution in [0.15, 0.2) is 0 Å². The molecule has 2 N–H and O–H groups in total. The Bertz CT molecular complexity index is 39.9. The minimum Gasteiger partial charge on any atom is -0.412 e. The first kappa shape index (κ1) is 15.8. The van der Waals surface area contributed by atoms with E-state index >= 15 is 0 Å². The molecule has 0 aromatic carbocycles. The zero-order chi connectivity index (χ0) is 4.28. The summed E-state index contributed by atoms with van der Waals surface area (Å²) in [4.78, 5) is 10.9. The van der Waals surface area contributed by atoms with Gasteiger partial charge in [0.05, 0.1) is 0 Å². The van der Waals surface area contributed by atoms with Crippen molar-refractivity contribution < 1.29 is 26.8 Å². The Labute approximate surface area is 52.9 Å². The average molecular weight is 150 g/mol. The smallest absolute Gasteiger partial charge is 0.209 e. The van der Waals surface area contributed by atoms with Crippen LogP contribution >= 0.6 is 0 Å². The standard InChI is InChI=1S/C3H7NO.Ni.H2O/c1-4(2)3-5;;/h3H,1-2H3;;1H2. The van der Waals surface area contributed by atoms with Gasteiger partial charge in [0, 0.05) is 30.6 Å². The van der Waals surface area contributed by atoms with Gasteiger partial charge < -0.3 is 10.4 Å². The van der Waals surface area contributed by atoms with Gasteiger partial charge in [0.25, 0.3) is 0 Å². The fourth-order valence-electron chi connectivity index (χ4n) is 0. The van der Waals surface area contributed by atoms with Crippen LogP contribution in [0.3, 0.4) is 0 Å². The number of amides is 1. The zero-order valence-electron chi connectivity index (χ0n) is 4.25. The molecule has 0 spiro atoms. The predicted octanol–water partition coefficient (Wildman–Crippen LogP) is -1.12. The van der Waals surface area contributed by atoms with E-state index in [0.717, 1.165) is 6.41 Å².